The SMILES string of the molecule is O=C(Nc1ccc(-c2nnc(NC3CCC(CN4CCCCC4)CC3)o2)cc1)c1ccccc1. The van der Waals surface area contributed by atoms with Crippen molar-refractivity contribution in [3.63, 3.8) is 0 Å². The molecule has 0 unspecified atom stereocenters. The Labute approximate surface area is 201 Å². The van der Waals surface area contributed by atoms with E-state index in [4.69, 9.17) is 4.42 Å². The Bertz CT molecular complexity index is 1050. The van der Waals surface area contributed by atoms with Crippen LogP contribution < -0.4 is 10.6 Å². The number of nitrogens with one attached hydrogen (secondary N) is 2. The maximum Gasteiger partial charge on any atom is 0.315 e. The van der Waals surface area contributed by atoms with Crippen molar-refractivity contribution in [2.24, 2.45) is 5.92 Å². The van der Waals surface area contributed by atoms with Gasteiger partial charge in [0.2, 0.25) is 5.89 Å². The molecule has 2 aromatic carbocycles. The molecular formula is C27H33N5O2. The first-order valence-electron chi connectivity index (χ1n) is 12.5. The number of carbonyl (C=O) groups is 1. The highest BCUT2D eigenvalue weighted by molar-refractivity contribution is 6.04. The largest absolute Gasteiger partial charge is 0.403 e. The molecule has 5 rings (SSSR count). The van der Waals surface area contributed by atoms with E-state index in [9.17, 15) is 4.79 Å². The molecule has 7 heteroatoms. The fraction of sp³-hybridized carbons (Fsp3) is 0.444. The number of nitrogens with zero attached hydrogens (tertiary/aromatic N) is 3. The Morgan fingerprint density at radius 1 is 0.912 bits per heavy atom. The summed E-state index contributed by atoms with van der Waals surface area (Å²) >= 11 is 0. The van der Waals surface area contributed by atoms with Crippen LogP contribution in [0.5, 0.6) is 0 Å². The molecule has 34 heavy (non-hydrogen) atoms. The van der Waals surface area contributed by atoms with Gasteiger partial charge < -0.3 is 20.0 Å². The number of rotatable bonds is 7. The van der Waals surface area contributed by atoms with Crippen LogP contribution in [0.4, 0.5) is 11.7 Å². The predicted octanol–water partition coefficient (Wildman–Crippen LogP) is 5.45. The lowest BCUT2D eigenvalue weighted by molar-refractivity contribution is 0.102. The van der Waals surface area contributed by atoms with Crippen molar-refractivity contribution >= 4 is 17.6 Å². The molecule has 2 N–H and O–H groups in total. The van der Waals surface area contributed by atoms with Crippen molar-refractivity contribution in [2.75, 3.05) is 30.3 Å². The normalized spacial score (nSPS) is 21.2. The monoisotopic (exact) mass is 459 g/mol. The molecule has 1 amide bonds. The highest BCUT2D eigenvalue weighted by Gasteiger charge is 2.24. The van der Waals surface area contributed by atoms with E-state index < -0.39 is 0 Å². The summed E-state index contributed by atoms with van der Waals surface area (Å²) in [6, 6.07) is 17.5. The summed E-state index contributed by atoms with van der Waals surface area (Å²) in [6.07, 6.45) is 8.92. The van der Waals surface area contributed by atoms with E-state index in [2.05, 4.69) is 25.7 Å². The number of amides is 1. The van der Waals surface area contributed by atoms with Crippen LogP contribution in [-0.2, 0) is 0 Å². The maximum atomic E-state index is 12.3. The van der Waals surface area contributed by atoms with Gasteiger partial charge in [0.15, 0.2) is 0 Å². The molecular weight excluding hydrogens is 426 g/mol. The zero-order valence-corrected chi connectivity index (χ0v) is 19.6. The Morgan fingerprint density at radius 2 is 1.65 bits per heavy atom. The molecule has 0 atom stereocenters. The minimum atomic E-state index is -0.136. The Morgan fingerprint density at radius 3 is 2.38 bits per heavy atom. The summed E-state index contributed by atoms with van der Waals surface area (Å²) in [5, 5.41) is 14.8. The van der Waals surface area contributed by atoms with E-state index >= 15 is 0 Å². The second-order valence-electron chi connectivity index (χ2n) is 9.53. The molecule has 1 aliphatic carbocycles. The molecule has 3 aromatic rings. The van der Waals surface area contributed by atoms with Gasteiger partial charge in [0.25, 0.3) is 5.91 Å². The quantitative estimate of drug-likeness (QED) is 0.489. The summed E-state index contributed by atoms with van der Waals surface area (Å²) in [7, 11) is 0. The third-order valence-electron chi connectivity index (χ3n) is 6.99. The molecule has 178 valence electrons. The van der Waals surface area contributed by atoms with Crippen molar-refractivity contribution in [1.29, 1.82) is 0 Å². The van der Waals surface area contributed by atoms with Gasteiger partial charge in [-0.05, 0) is 93.9 Å². The first-order chi connectivity index (χ1) is 16.7. The van der Waals surface area contributed by atoms with Crippen LogP contribution in [0.15, 0.2) is 59.0 Å². The van der Waals surface area contributed by atoms with E-state index in [1.807, 2.05) is 42.5 Å². The van der Waals surface area contributed by atoms with E-state index in [-0.39, 0.29) is 5.91 Å². The molecule has 7 nitrogen and oxygen atoms in total. The van der Waals surface area contributed by atoms with Crippen molar-refractivity contribution in [3.8, 4) is 11.5 Å². The highest BCUT2D eigenvalue weighted by Crippen LogP contribution is 2.29. The fourth-order valence-electron chi connectivity index (χ4n) is 5.06. The van der Waals surface area contributed by atoms with Crippen LogP contribution in [0.1, 0.15) is 55.3 Å². The predicted molar refractivity (Wildman–Crippen MR) is 134 cm³/mol. The third-order valence-corrected chi connectivity index (χ3v) is 6.99. The highest BCUT2D eigenvalue weighted by atomic mass is 16.4. The smallest absolute Gasteiger partial charge is 0.315 e. The minimum Gasteiger partial charge on any atom is -0.403 e. The number of aromatic nitrogens is 2. The third kappa shape index (κ3) is 5.83. The molecule has 1 aromatic heterocycles. The van der Waals surface area contributed by atoms with Gasteiger partial charge in [-0.25, -0.2) is 0 Å². The lowest BCUT2D eigenvalue weighted by atomic mass is 9.85. The van der Waals surface area contributed by atoms with Crippen LogP contribution in [0.3, 0.4) is 0 Å². The number of anilines is 2. The number of hydrogen-bond donors (Lipinski definition) is 2. The molecule has 2 heterocycles. The molecule has 1 aliphatic heterocycles. The zero-order chi connectivity index (χ0) is 23.2. The van der Waals surface area contributed by atoms with Gasteiger partial charge in [-0.2, -0.15) is 0 Å². The lowest BCUT2D eigenvalue weighted by Crippen LogP contribution is -2.37. The molecule has 0 bridgehead atoms. The second-order valence-corrected chi connectivity index (χ2v) is 9.53. The first kappa shape index (κ1) is 22.6. The molecule has 1 saturated heterocycles. The van der Waals surface area contributed by atoms with E-state index in [0.717, 1.165) is 30.0 Å². The lowest BCUT2D eigenvalue weighted by Gasteiger charge is -2.34. The molecule has 2 aliphatic rings. The maximum absolute atomic E-state index is 12.3. The summed E-state index contributed by atoms with van der Waals surface area (Å²) in [6.45, 7) is 3.83. The molecule has 2 fully saturated rings. The van der Waals surface area contributed by atoms with Crippen LogP contribution in [-0.4, -0.2) is 46.7 Å². The van der Waals surface area contributed by atoms with E-state index in [0.29, 0.717) is 23.5 Å². The van der Waals surface area contributed by atoms with Crippen molar-refractivity contribution < 1.29 is 9.21 Å². The standard InChI is InChI=1S/C27H33N5O2/c33-25(21-7-3-1-4-8-21)28-23-15-11-22(12-16-23)26-30-31-27(34-26)29-24-13-9-20(10-14-24)19-32-17-5-2-6-18-32/h1,3-4,7-8,11-12,15-16,20,24H,2,5-6,9-10,13-14,17-19H2,(H,28,33)(H,29,31). The molecule has 0 radical (unpaired) electrons. The summed E-state index contributed by atoms with van der Waals surface area (Å²) < 4.78 is 5.88. The number of benzene rings is 2. The summed E-state index contributed by atoms with van der Waals surface area (Å²) in [5.74, 6) is 1.15. The second kappa shape index (κ2) is 10.8. The Balaban J connectivity index is 1.11. The van der Waals surface area contributed by atoms with Gasteiger partial charge >= 0.3 is 6.01 Å². The Hall–Kier alpha value is -3.19. The zero-order valence-electron chi connectivity index (χ0n) is 19.6. The van der Waals surface area contributed by atoms with E-state index in [1.165, 1.54) is 51.7 Å². The van der Waals surface area contributed by atoms with Crippen molar-refractivity contribution in [2.45, 2.75) is 51.0 Å². The van der Waals surface area contributed by atoms with Crippen molar-refractivity contribution in [3.05, 3.63) is 60.2 Å². The summed E-state index contributed by atoms with van der Waals surface area (Å²) in [4.78, 5) is 15.0. The molecule has 0 spiro atoms. The van der Waals surface area contributed by atoms with Crippen LogP contribution in [0.2, 0.25) is 0 Å². The first-order valence-corrected chi connectivity index (χ1v) is 12.5. The minimum absolute atomic E-state index is 0.136. The Kier molecular flexibility index (Phi) is 7.19. The number of likely N-dealkylation sites (tertiary alicyclic amines) is 1. The van der Waals surface area contributed by atoms with E-state index in [1.54, 1.807) is 12.1 Å². The number of hydrogen-bond acceptors (Lipinski definition) is 6. The van der Waals surface area contributed by atoms with Gasteiger partial charge in [0.05, 0.1) is 0 Å². The van der Waals surface area contributed by atoms with Gasteiger partial charge in [0.1, 0.15) is 0 Å². The van der Waals surface area contributed by atoms with Crippen LogP contribution in [0.25, 0.3) is 11.5 Å². The fourth-order valence-corrected chi connectivity index (χ4v) is 5.06. The average molecular weight is 460 g/mol. The summed E-state index contributed by atoms with van der Waals surface area (Å²) in [5.41, 5.74) is 2.17. The number of piperidine rings is 1. The van der Waals surface area contributed by atoms with Gasteiger partial charge in [-0.1, -0.05) is 29.7 Å². The number of carbonyl (C=O) groups excluding carboxylic acids is 1. The van der Waals surface area contributed by atoms with Crippen LogP contribution in [0, 0.1) is 5.92 Å². The van der Waals surface area contributed by atoms with Gasteiger partial charge in [-0.15, -0.1) is 5.10 Å². The van der Waals surface area contributed by atoms with Gasteiger partial charge in [-0.3, -0.25) is 4.79 Å². The molecule has 1 saturated carbocycles. The average Bonchev–Trinajstić information content (AvgIpc) is 3.35. The van der Waals surface area contributed by atoms with Gasteiger partial charge in [0, 0.05) is 29.4 Å². The topological polar surface area (TPSA) is 83.3 Å². The van der Waals surface area contributed by atoms with Crippen molar-refractivity contribution in [1.82, 2.24) is 15.1 Å². The van der Waals surface area contributed by atoms with Crippen LogP contribution >= 0.6 is 0 Å².